The number of pyridine rings is 1. The summed E-state index contributed by atoms with van der Waals surface area (Å²) in [4.78, 5) is 9.48. The molecule has 1 aromatic rings. The van der Waals surface area contributed by atoms with Crippen molar-refractivity contribution in [2.24, 2.45) is 5.73 Å². The third-order valence-corrected chi connectivity index (χ3v) is 4.50. The fraction of sp³-hybridized carbons (Fsp3) is 0.643. The summed E-state index contributed by atoms with van der Waals surface area (Å²) >= 11 is 6.36. The molecule has 0 radical (unpaired) electrons. The molecule has 2 aliphatic rings. The molecule has 0 bridgehead atoms. The van der Waals surface area contributed by atoms with E-state index in [1.807, 2.05) is 12.3 Å². The van der Waals surface area contributed by atoms with E-state index in [1.165, 1.54) is 32.4 Å². The first-order valence-corrected chi connectivity index (χ1v) is 7.49. The van der Waals surface area contributed by atoms with Crippen molar-refractivity contribution < 1.29 is 0 Å². The zero-order valence-electron chi connectivity index (χ0n) is 11.2. The van der Waals surface area contributed by atoms with E-state index in [1.54, 1.807) is 0 Å². The molecular weight excluding hydrogens is 260 g/mol. The highest BCUT2D eigenvalue weighted by Gasteiger charge is 2.29. The molecule has 2 saturated heterocycles. The fourth-order valence-corrected chi connectivity index (χ4v) is 3.52. The van der Waals surface area contributed by atoms with E-state index in [0.29, 0.717) is 12.6 Å². The normalized spacial score (nSPS) is 24.3. The van der Waals surface area contributed by atoms with Gasteiger partial charge < -0.3 is 10.6 Å². The molecule has 2 aliphatic heterocycles. The largest absolute Gasteiger partial charge is 0.354 e. The van der Waals surface area contributed by atoms with Crippen molar-refractivity contribution in [1.29, 1.82) is 0 Å². The van der Waals surface area contributed by atoms with Gasteiger partial charge in [-0.1, -0.05) is 11.6 Å². The summed E-state index contributed by atoms with van der Waals surface area (Å²) in [5.41, 5.74) is 6.62. The SMILES string of the molecule is NCc1cnc(N2CCCN3CCCC3C2)c(Cl)c1. The van der Waals surface area contributed by atoms with Gasteiger partial charge in [0, 0.05) is 38.4 Å². The van der Waals surface area contributed by atoms with Crippen molar-refractivity contribution in [2.75, 3.05) is 31.1 Å². The van der Waals surface area contributed by atoms with Gasteiger partial charge in [-0.05, 0) is 37.4 Å². The van der Waals surface area contributed by atoms with Gasteiger partial charge in [-0.25, -0.2) is 4.98 Å². The van der Waals surface area contributed by atoms with E-state index in [4.69, 9.17) is 17.3 Å². The molecule has 5 heteroatoms. The number of aromatic nitrogens is 1. The number of rotatable bonds is 2. The summed E-state index contributed by atoms with van der Waals surface area (Å²) in [6, 6.07) is 2.62. The standard InChI is InChI=1S/C14H21ClN4/c15-13-7-11(8-16)9-17-14(13)19-6-2-5-18-4-1-3-12(18)10-19/h7,9,12H,1-6,8,10,16H2. The van der Waals surface area contributed by atoms with E-state index in [0.717, 1.165) is 29.5 Å². The number of fused-ring (bicyclic) bond motifs is 1. The van der Waals surface area contributed by atoms with Crippen LogP contribution in [-0.4, -0.2) is 42.1 Å². The molecule has 104 valence electrons. The Hall–Kier alpha value is -0.840. The van der Waals surface area contributed by atoms with Crippen LogP contribution < -0.4 is 10.6 Å². The lowest BCUT2D eigenvalue weighted by Gasteiger charge is -2.27. The predicted octanol–water partition coefficient (Wildman–Crippen LogP) is 1.87. The first-order valence-electron chi connectivity index (χ1n) is 7.11. The lowest BCUT2D eigenvalue weighted by atomic mass is 10.2. The Kier molecular flexibility index (Phi) is 3.91. The van der Waals surface area contributed by atoms with Gasteiger partial charge in [0.05, 0.1) is 5.02 Å². The molecule has 2 N–H and O–H groups in total. The summed E-state index contributed by atoms with van der Waals surface area (Å²) in [7, 11) is 0. The average molecular weight is 281 g/mol. The van der Waals surface area contributed by atoms with Crippen LogP contribution in [0.3, 0.4) is 0 Å². The maximum Gasteiger partial charge on any atom is 0.147 e. The maximum absolute atomic E-state index is 6.36. The molecule has 0 aliphatic carbocycles. The second-order valence-corrected chi connectivity index (χ2v) is 5.89. The van der Waals surface area contributed by atoms with Crippen LogP contribution in [0.1, 0.15) is 24.8 Å². The summed E-state index contributed by atoms with van der Waals surface area (Å²) in [5.74, 6) is 0.924. The smallest absolute Gasteiger partial charge is 0.147 e. The first-order chi connectivity index (χ1) is 9.28. The minimum absolute atomic E-state index is 0.489. The summed E-state index contributed by atoms with van der Waals surface area (Å²) in [6.07, 6.45) is 5.66. The van der Waals surface area contributed by atoms with Crippen LogP contribution in [0.4, 0.5) is 5.82 Å². The molecule has 4 nitrogen and oxygen atoms in total. The number of anilines is 1. The Morgan fingerprint density at radius 2 is 2.16 bits per heavy atom. The van der Waals surface area contributed by atoms with Crippen LogP contribution in [0.5, 0.6) is 0 Å². The Morgan fingerprint density at radius 3 is 2.95 bits per heavy atom. The number of hydrogen-bond acceptors (Lipinski definition) is 4. The molecule has 0 saturated carbocycles. The van der Waals surface area contributed by atoms with E-state index in [2.05, 4.69) is 14.8 Å². The average Bonchev–Trinajstić information content (AvgIpc) is 2.76. The molecule has 3 heterocycles. The van der Waals surface area contributed by atoms with Gasteiger partial charge in [-0.3, -0.25) is 4.90 Å². The third kappa shape index (κ3) is 2.71. The third-order valence-electron chi connectivity index (χ3n) is 4.22. The second kappa shape index (κ2) is 5.65. The number of nitrogens with two attached hydrogens (primary N) is 1. The van der Waals surface area contributed by atoms with Crippen molar-refractivity contribution >= 4 is 17.4 Å². The highest BCUT2D eigenvalue weighted by Crippen LogP contribution is 2.28. The number of nitrogens with zero attached hydrogens (tertiary/aromatic N) is 3. The summed E-state index contributed by atoms with van der Waals surface area (Å²) < 4.78 is 0. The molecule has 1 atom stereocenters. The van der Waals surface area contributed by atoms with Gasteiger partial charge in [0.25, 0.3) is 0 Å². The van der Waals surface area contributed by atoms with Crippen molar-refractivity contribution in [3.05, 3.63) is 22.8 Å². The zero-order chi connectivity index (χ0) is 13.2. The van der Waals surface area contributed by atoms with E-state index in [9.17, 15) is 0 Å². The van der Waals surface area contributed by atoms with Gasteiger partial charge in [0.1, 0.15) is 5.82 Å². The summed E-state index contributed by atoms with van der Waals surface area (Å²) in [6.45, 7) is 5.05. The van der Waals surface area contributed by atoms with Crippen LogP contribution >= 0.6 is 11.6 Å². The van der Waals surface area contributed by atoms with Crippen molar-refractivity contribution in [1.82, 2.24) is 9.88 Å². The van der Waals surface area contributed by atoms with E-state index >= 15 is 0 Å². The Balaban J connectivity index is 1.80. The minimum atomic E-state index is 0.489. The van der Waals surface area contributed by atoms with Crippen LogP contribution in [0.25, 0.3) is 0 Å². The second-order valence-electron chi connectivity index (χ2n) is 5.48. The van der Waals surface area contributed by atoms with Crippen molar-refractivity contribution in [3.63, 3.8) is 0 Å². The fourth-order valence-electron chi connectivity index (χ4n) is 3.21. The number of hydrogen-bond donors (Lipinski definition) is 1. The van der Waals surface area contributed by atoms with Crippen LogP contribution in [0.2, 0.25) is 5.02 Å². The molecule has 1 aromatic heterocycles. The molecule has 2 fully saturated rings. The van der Waals surface area contributed by atoms with Gasteiger partial charge in [0.2, 0.25) is 0 Å². The molecule has 0 aromatic carbocycles. The zero-order valence-corrected chi connectivity index (χ0v) is 11.9. The first kappa shape index (κ1) is 13.2. The van der Waals surface area contributed by atoms with E-state index in [-0.39, 0.29) is 0 Å². The molecule has 0 amide bonds. The van der Waals surface area contributed by atoms with Crippen LogP contribution in [0.15, 0.2) is 12.3 Å². The Bertz CT molecular complexity index is 451. The van der Waals surface area contributed by atoms with E-state index < -0.39 is 0 Å². The minimum Gasteiger partial charge on any atom is -0.354 e. The maximum atomic E-state index is 6.36. The lowest BCUT2D eigenvalue weighted by Crippen LogP contribution is -2.37. The lowest BCUT2D eigenvalue weighted by molar-refractivity contribution is 0.273. The van der Waals surface area contributed by atoms with Crippen molar-refractivity contribution in [3.8, 4) is 0 Å². The summed E-state index contributed by atoms with van der Waals surface area (Å²) in [5, 5.41) is 0.731. The van der Waals surface area contributed by atoms with Gasteiger partial charge in [0.15, 0.2) is 0 Å². The molecular formula is C14H21ClN4. The van der Waals surface area contributed by atoms with Crippen LogP contribution in [-0.2, 0) is 6.54 Å². The van der Waals surface area contributed by atoms with Gasteiger partial charge in [-0.2, -0.15) is 0 Å². The Labute approximate surface area is 119 Å². The molecule has 19 heavy (non-hydrogen) atoms. The highest BCUT2D eigenvalue weighted by atomic mass is 35.5. The monoisotopic (exact) mass is 280 g/mol. The highest BCUT2D eigenvalue weighted by molar-refractivity contribution is 6.33. The topological polar surface area (TPSA) is 45.4 Å². The van der Waals surface area contributed by atoms with Gasteiger partial charge >= 0.3 is 0 Å². The molecule has 3 rings (SSSR count). The quantitative estimate of drug-likeness (QED) is 0.898. The van der Waals surface area contributed by atoms with Crippen LogP contribution in [0, 0.1) is 0 Å². The number of halogens is 1. The van der Waals surface area contributed by atoms with Gasteiger partial charge in [-0.15, -0.1) is 0 Å². The Morgan fingerprint density at radius 1 is 1.32 bits per heavy atom. The molecule has 1 unspecified atom stereocenters. The molecule has 0 spiro atoms. The predicted molar refractivity (Wildman–Crippen MR) is 78.6 cm³/mol. The van der Waals surface area contributed by atoms with Crippen molar-refractivity contribution in [2.45, 2.75) is 31.8 Å².